The van der Waals surface area contributed by atoms with E-state index in [-0.39, 0.29) is 5.91 Å². The molecule has 4 nitrogen and oxygen atoms in total. The molecule has 0 saturated carbocycles. The normalized spacial score (nSPS) is 11.2. The Labute approximate surface area is 122 Å². The van der Waals surface area contributed by atoms with E-state index in [1.807, 2.05) is 19.1 Å². The molecule has 20 heavy (non-hydrogen) atoms. The summed E-state index contributed by atoms with van der Waals surface area (Å²) in [5.41, 5.74) is 4.74. The molecule has 0 fully saturated rings. The highest BCUT2D eigenvalue weighted by atomic mass is 35.5. The Balaban J connectivity index is 2.12. The fraction of sp³-hybridized carbons (Fsp3) is 0.133. The molecule has 2 aromatic rings. The van der Waals surface area contributed by atoms with Gasteiger partial charge in [-0.1, -0.05) is 30.7 Å². The highest BCUT2D eigenvalue weighted by Gasteiger charge is 2.05. The lowest BCUT2D eigenvalue weighted by molar-refractivity contribution is 0.0954. The average molecular weight is 288 g/mol. The van der Waals surface area contributed by atoms with Gasteiger partial charge in [-0.15, -0.1) is 0 Å². The largest absolute Gasteiger partial charge is 0.272 e. The van der Waals surface area contributed by atoms with Crippen molar-refractivity contribution in [2.45, 2.75) is 13.3 Å². The monoisotopic (exact) mass is 287 g/mol. The average Bonchev–Trinajstić information content (AvgIpc) is 2.50. The SMILES string of the molecule is CCC(=NNC(=O)c1cccnc1)c1ccc(Cl)cc1. The van der Waals surface area contributed by atoms with E-state index in [0.29, 0.717) is 17.0 Å². The van der Waals surface area contributed by atoms with Gasteiger partial charge in [0.1, 0.15) is 0 Å². The summed E-state index contributed by atoms with van der Waals surface area (Å²) in [6.45, 7) is 1.98. The van der Waals surface area contributed by atoms with Crippen LogP contribution in [0.1, 0.15) is 29.3 Å². The molecule has 1 aromatic heterocycles. The molecule has 5 heteroatoms. The van der Waals surface area contributed by atoms with Gasteiger partial charge in [-0.2, -0.15) is 5.10 Å². The van der Waals surface area contributed by atoms with Gasteiger partial charge in [-0.05, 0) is 36.2 Å². The molecular formula is C15H14ClN3O. The predicted octanol–water partition coefficient (Wildman–Crippen LogP) is 3.28. The zero-order chi connectivity index (χ0) is 14.4. The van der Waals surface area contributed by atoms with E-state index in [0.717, 1.165) is 11.3 Å². The quantitative estimate of drug-likeness (QED) is 0.693. The van der Waals surface area contributed by atoms with E-state index in [1.165, 1.54) is 6.20 Å². The summed E-state index contributed by atoms with van der Waals surface area (Å²) in [5.74, 6) is -0.280. The third kappa shape index (κ3) is 3.65. The minimum atomic E-state index is -0.280. The van der Waals surface area contributed by atoms with Crippen LogP contribution in [0, 0.1) is 0 Å². The van der Waals surface area contributed by atoms with Crippen molar-refractivity contribution in [3.8, 4) is 0 Å². The Bertz CT molecular complexity index is 609. The zero-order valence-corrected chi connectivity index (χ0v) is 11.8. The van der Waals surface area contributed by atoms with E-state index in [2.05, 4.69) is 15.5 Å². The zero-order valence-electron chi connectivity index (χ0n) is 11.0. The molecule has 1 aromatic carbocycles. The minimum Gasteiger partial charge on any atom is -0.267 e. The third-order valence-electron chi connectivity index (χ3n) is 2.73. The molecule has 0 radical (unpaired) electrons. The molecule has 0 atom stereocenters. The molecule has 2 rings (SSSR count). The molecule has 0 saturated heterocycles. The molecule has 0 spiro atoms. The van der Waals surface area contributed by atoms with Crippen LogP contribution in [0.4, 0.5) is 0 Å². The highest BCUT2D eigenvalue weighted by molar-refractivity contribution is 6.30. The second-order valence-corrected chi connectivity index (χ2v) is 4.54. The van der Waals surface area contributed by atoms with Crippen LogP contribution < -0.4 is 5.43 Å². The summed E-state index contributed by atoms with van der Waals surface area (Å²) in [6, 6.07) is 10.7. The lowest BCUT2D eigenvalue weighted by Gasteiger charge is -2.05. The molecule has 1 heterocycles. The fourth-order valence-corrected chi connectivity index (χ4v) is 1.80. The maximum atomic E-state index is 11.9. The Morgan fingerprint density at radius 2 is 2.00 bits per heavy atom. The number of pyridine rings is 1. The van der Waals surface area contributed by atoms with Crippen LogP contribution in [0.5, 0.6) is 0 Å². The Morgan fingerprint density at radius 3 is 2.60 bits per heavy atom. The summed E-state index contributed by atoms with van der Waals surface area (Å²) >= 11 is 5.85. The van der Waals surface area contributed by atoms with Gasteiger partial charge in [0.25, 0.3) is 5.91 Å². The van der Waals surface area contributed by atoms with Gasteiger partial charge in [-0.3, -0.25) is 9.78 Å². The minimum absolute atomic E-state index is 0.280. The van der Waals surface area contributed by atoms with E-state index in [9.17, 15) is 4.79 Å². The summed E-state index contributed by atoms with van der Waals surface area (Å²) in [7, 11) is 0. The van der Waals surface area contributed by atoms with E-state index < -0.39 is 0 Å². The third-order valence-corrected chi connectivity index (χ3v) is 2.98. The first-order chi connectivity index (χ1) is 9.70. The Hall–Kier alpha value is -2.20. The molecule has 0 aliphatic carbocycles. The standard InChI is InChI=1S/C15H14ClN3O/c1-2-14(11-5-7-13(16)8-6-11)18-19-15(20)12-4-3-9-17-10-12/h3-10H,2H2,1H3,(H,19,20). The van der Waals surface area contributed by atoms with Crippen molar-refractivity contribution >= 4 is 23.2 Å². The van der Waals surface area contributed by atoms with Crippen LogP contribution in [-0.2, 0) is 0 Å². The lowest BCUT2D eigenvalue weighted by Crippen LogP contribution is -2.20. The number of hydrogen-bond donors (Lipinski definition) is 1. The molecule has 0 aliphatic rings. The number of hydrazone groups is 1. The summed E-state index contributed by atoms with van der Waals surface area (Å²) in [6.07, 6.45) is 3.82. The van der Waals surface area contributed by atoms with E-state index in [4.69, 9.17) is 11.6 Å². The van der Waals surface area contributed by atoms with Crippen LogP contribution >= 0.6 is 11.6 Å². The van der Waals surface area contributed by atoms with Crippen LogP contribution in [0.15, 0.2) is 53.9 Å². The number of amides is 1. The van der Waals surface area contributed by atoms with Crippen molar-refractivity contribution in [3.05, 3.63) is 64.9 Å². The van der Waals surface area contributed by atoms with Crippen LogP contribution in [0.2, 0.25) is 5.02 Å². The first-order valence-corrected chi connectivity index (χ1v) is 6.61. The number of carbonyl (C=O) groups is 1. The predicted molar refractivity (Wildman–Crippen MR) is 80.0 cm³/mol. The van der Waals surface area contributed by atoms with Gasteiger partial charge in [0.2, 0.25) is 0 Å². The number of rotatable bonds is 4. The molecule has 0 unspecified atom stereocenters. The maximum Gasteiger partial charge on any atom is 0.272 e. The topological polar surface area (TPSA) is 54.4 Å². The van der Waals surface area contributed by atoms with Gasteiger partial charge in [0.05, 0.1) is 11.3 Å². The first kappa shape index (κ1) is 14.2. The number of nitrogens with one attached hydrogen (secondary N) is 1. The Morgan fingerprint density at radius 1 is 1.25 bits per heavy atom. The lowest BCUT2D eigenvalue weighted by atomic mass is 10.1. The van der Waals surface area contributed by atoms with Crippen molar-refractivity contribution in [3.63, 3.8) is 0 Å². The van der Waals surface area contributed by atoms with Gasteiger partial charge >= 0.3 is 0 Å². The number of halogens is 1. The second-order valence-electron chi connectivity index (χ2n) is 4.10. The number of benzene rings is 1. The highest BCUT2D eigenvalue weighted by Crippen LogP contribution is 2.11. The second kappa shape index (κ2) is 6.82. The number of carbonyl (C=O) groups excluding carboxylic acids is 1. The van der Waals surface area contributed by atoms with Gasteiger partial charge in [0, 0.05) is 17.4 Å². The van der Waals surface area contributed by atoms with Gasteiger partial charge in [-0.25, -0.2) is 5.43 Å². The summed E-state index contributed by atoms with van der Waals surface area (Å²) < 4.78 is 0. The summed E-state index contributed by atoms with van der Waals surface area (Å²) in [4.78, 5) is 15.8. The Kier molecular flexibility index (Phi) is 4.85. The van der Waals surface area contributed by atoms with Crippen LogP contribution in [0.25, 0.3) is 0 Å². The first-order valence-electron chi connectivity index (χ1n) is 6.23. The summed E-state index contributed by atoms with van der Waals surface area (Å²) in [5, 5.41) is 4.83. The molecular weight excluding hydrogens is 274 g/mol. The maximum absolute atomic E-state index is 11.9. The number of hydrogen-bond acceptors (Lipinski definition) is 3. The van der Waals surface area contributed by atoms with Crippen molar-refractivity contribution in [1.82, 2.24) is 10.4 Å². The van der Waals surface area contributed by atoms with Crippen molar-refractivity contribution in [1.29, 1.82) is 0 Å². The van der Waals surface area contributed by atoms with Crippen molar-refractivity contribution in [2.75, 3.05) is 0 Å². The van der Waals surface area contributed by atoms with Gasteiger partial charge < -0.3 is 0 Å². The fourth-order valence-electron chi connectivity index (χ4n) is 1.67. The molecule has 102 valence electrons. The number of aromatic nitrogens is 1. The molecule has 0 bridgehead atoms. The van der Waals surface area contributed by atoms with Crippen molar-refractivity contribution < 1.29 is 4.79 Å². The van der Waals surface area contributed by atoms with Crippen LogP contribution in [-0.4, -0.2) is 16.6 Å². The van der Waals surface area contributed by atoms with Crippen molar-refractivity contribution in [2.24, 2.45) is 5.10 Å². The molecule has 0 aliphatic heterocycles. The van der Waals surface area contributed by atoms with E-state index in [1.54, 1.807) is 30.5 Å². The van der Waals surface area contributed by atoms with Crippen LogP contribution in [0.3, 0.4) is 0 Å². The number of nitrogens with zero attached hydrogens (tertiary/aromatic N) is 2. The smallest absolute Gasteiger partial charge is 0.267 e. The van der Waals surface area contributed by atoms with Gasteiger partial charge in [0.15, 0.2) is 0 Å². The van der Waals surface area contributed by atoms with E-state index >= 15 is 0 Å². The molecule has 1 N–H and O–H groups in total. The molecule has 1 amide bonds.